The molecule has 0 amide bonds. The molecule has 0 aliphatic heterocycles. The van der Waals surface area contributed by atoms with Gasteiger partial charge < -0.3 is 9.84 Å². The Bertz CT molecular complexity index is 711. The average Bonchev–Trinajstić information content (AvgIpc) is 2.47. The van der Waals surface area contributed by atoms with E-state index in [2.05, 4.69) is 4.98 Å². The smallest absolute Gasteiger partial charge is 0.175 e. The van der Waals surface area contributed by atoms with E-state index in [0.29, 0.717) is 23.6 Å². The third-order valence-corrected chi connectivity index (χ3v) is 4.07. The average molecular weight is 307 g/mol. The van der Waals surface area contributed by atoms with Crippen molar-refractivity contribution in [1.82, 2.24) is 4.98 Å². The van der Waals surface area contributed by atoms with Crippen molar-refractivity contribution in [3.63, 3.8) is 0 Å². The van der Waals surface area contributed by atoms with E-state index in [-0.39, 0.29) is 4.90 Å². The van der Waals surface area contributed by atoms with E-state index < -0.39 is 15.9 Å². The molecule has 5 nitrogen and oxygen atoms in total. The van der Waals surface area contributed by atoms with Gasteiger partial charge in [0.05, 0.1) is 22.9 Å². The van der Waals surface area contributed by atoms with E-state index in [9.17, 15) is 13.5 Å². The zero-order chi connectivity index (χ0) is 15.5. The van der Waals surface area contributed by atoms with Gasteiger partial charge in [-0.15, -0.1) is 0 Å². The molecule has 0 fully saturated rings. The lowest BCUT2D eigenvalue weighted by Crippen LogP contribution is -1.99. The summed E-state index contributed by atoms with van der Waals surface area (Å²) in [6, 6.07) is 9.64. The Morgan fingerprint density at radius 1 is 1.24 bits per heavy atom. The van der Waals surface area contributed by atoms with Gasteiger partial charge in [0.25, 0.3) is 0 Å². The number of sulfone groups is 1. The standard InChI is InChI=1S/C15H17NO4S/c1-3-15(17)14-8-7-12(10-16-14)20-11-5-4-6-13(9-11)21(2,18)19/h4-10,15,17H,3H2,1-2H3/t15-/m1/s1. The molecule has 112 valence electrons. The maximum Gasteiger partial charge on any atom is 0.175 e. The van der Waals surface area contributed by atoms with Crippen LogP contribution < -0.4 is 4.74 Å². The van der Waals surface area contributed by atoms with E-state index in [1.165, 1.54) is 18.3 Å². The summed E-state index contributed by atoms with van der Waals surface area (Å²) in [6.07, 6.45) is 2.65. The molecule has 0 saturated heterocycles. The Labute approximate surface area is 124 Å². The van der Waals surface area contributed by atoms with Crippen molar-refractivity contribution < 1.29 is 18.3 Å². The molecule has 0 spiro atoms. The third-order valence-electron chi connectivity index (χ3n) is 2.96. The van der Waals surface area contributed by atoms with Gasteiger partial charge >= 0.3 is 0 Å². The van der Waals surface area contributed by atoms with Crippen LogP contribution in [0.15, 0.2) is 47.5 Å². The summed E-state index contributed by atoms with van der Waals surface area (Å²) >= 11 is 0. The normalized spacial score (nSPS) is 12.9. The van der Waals surface area contributed by atoms with Gasteiger partial charge in [-0.1, -0.05) is 13.0 Å². The number of pyridine rings is 1. The van der Waals surface area contributed by atoms with E-state index in [1.807, 2.05) is 6.92 Å². The third kappa shape index (κ3) is 4.03. The van der Waals surface area contributed by atoms with E-state index in [1.54, 1.807) is 24.3 Å². The summed E-state index contributed by atoms with van der Waals surface area (Å²) in [5.74, 6) is 0.899. The van der Waals surface area contributed by atoms with Gasteiger partial charge in [0.2, 0.25) is 0 Å². The van der Waals surface area contributed by atoms with Crippen LogP contribution in [-0.4, -0.2) is 24.8 Å². The Morgan fingerprint density at radius 3 is 2.57 bits per heavy atom. The van der Waals surface area contributed by atoms with Crippen molar-refractivity contribution in [3.8, 4) is 11.5 Å². The van der Waals surface area contributed by atoms with Gasteiger partial charge in [-0.05, 0) is 36.8 Å². The minimum atomic E-state index is -3.27. The van der Waals surface area contributed by atoms with Crippen LogP contribution in [0.25, 0.3) is 0 Å². The number of hydrogen-bond acceptors (Lipinski definition) is 5. The molecule has 1 aromatic carbocycles. The first-order valence-electron chi connectivity index (χ1n) is 6.52. The van der Waals surface area contributed by atoms with Gasteiger partial charge in [-0.25, -0.2) is 8.42 Å². The first kappa shape index (κ1) is 15.5. The van der Waals surface area contributed by atoms with Crippen molar-refractivity contribution >= 4 is 9.84 Å². The predicted molar refractivity (Wildman–Crippen MR) is 79.1 cm³/mol. The second-order valence-electron chi connectivity index (χ2n) is 4.69. The predicted octanol–water partition coefficient (Wildman–Crippen LogP) is 2.72. The lowest BCUT2D eigenvalue weighted by Gasteiger charge is -2.09. The second kappa shape index (κ2) is 6.24. The summed E-state index contributed by atoms with van der Waals surface area (Å²) in [6.45, 7) is 1.87. The monoisotopic (exact) mass is 307 g/mol. The molecule has 0 radical (unpaired) electrons. The molecular weight excluding hydrogens is 290 g/mol. The molecule has 0 aliphatic rings. The highest BCUT2D eigenvalue weighted by Crippen LogP contribution is 2.24. The zero-order valence-corrected chi connectivity index (χ0v) is 12.7. The molecule has 2 rings (SSSR count). The van der Waals surface area contributed by atoms with Crippen molar-refractivity contribution in [2.24, 2.45) is 0 Å². The molecule has 2 aromatic rings. The van der Waals surface area contributed by atoms with Gasteiger partial charge in [-0.2, -0.15) is 0 Å². The molecule has 0 unspecified atom stereocenters. The van der Waals surface area contributed by atoms with Crippen molar-refractivity contribution in [2.75, 3.05) is 6.26 Å². The van der Waals surface area contributed by atoms with Crippen LogP contribution >= 0.6 is 0 Å². The van der Waals surface area contributed by atoms with Crippen LogP contribution in [0.1, 0.15) is 25.1 Å². The summed E-state index contributed by atoms with van der Waals surface area (Å²) < 4.78 is 28.6. The lowest BCUT2D eigenvalue weighted by molar-refractivity contribution is 0.169. The molecule has 0 bridgehead atoms. The molecular formula is C15H17NO4S. The first-order chi connectivity index (χ1) is 9.90. The highest BCUT2D eigenvalue weighted by Gasteiger charge is 2.09. The maximum atomic E-state index is 11.5. The number of nitrogens with zero attached hydrogens (tertiary/aromatic N) is 1. The molecule has 1 atom stereocenters. The molecule has 0 aliphatic carbocycles. The van der Waals surface area contributed by atoms with Crippen LogP contribution in [0, 0.1) is 0 Å². The van der Waals surface area contributed by atoms with Crippen LogP contribution in [-0.2, 0) is 9.84 Å². The highest BCUT2D eigenvalue weighted by molar-refractivity contribution is 7.90. The number of rotatable bonds is 5. The summed E-state index contributed by atoms with van der Waals surface area (Å²) in [7, 11) is -3.27. The number of hydrogen-bond donors (Lipinski definition) is 1. The van der Waals surface area contributed by atoms with Gasteiger partial charge in [0, 0.05) is 6.26 Å². The SMILES string of the molecule is CC[C@@H](O)c1ccc(Oc2cccc(S(C)(=O)=O)c2)cn1. The minimum absolute atomic E-state index is 0.200. The lowest BCUT2D eigenvalue weighted by atomic mass is 10.2. The quantitative estimate of drug-likeness (QED) is 0.919. The molecule has 1 heterocycles. The van der Waals surface area contributed by atoms with Gasteiger partial charge in [0.1, 0.15) is 11.5 Å². The second-order valence-corrected chi connectivity index (χ2v) is 6.71. The fraction of sp³-hybridized carbons (Fsp3) is 0.267. The number of ether oxygens (including phenoxy) is 1. The summed E-state index contributed by atoms with van der Waals surface area (Å²) in [5.41, 5.74) is 0.578. The van der Waals surface area contributed by atoms with E-state index in [4.69, 9.17) is 4.74 Å². The van der Waals surface area contributed by atoms with Gasteiger partial charge in [-0.3, -0.25) is 4.98 Å². The van der Waals surface area contributed by atoms with E-state index in [0.717, 1.165) is 6.26 Å². The Hall–Kier alpha value is -1.92. The molecule has 1 N–H and O–H groups in total. The summed E-state index contributed by atoms with van der Waals surface area (Å²) in [5, 5.41) is 9.67. The Balaban J connectivity index is 2.19. The zero-order valence-electron chi connectivity index (χ0n) is 11.9. The van der Waals surface area contributed by atoms with E-state index >= 15 is 0 Å². The van der Waals surface area contributed by atoms with Crippen molar-refractivity contribution in [2.45, 2.75) is 24.3 Å². The van der Waals surface area contributed by atoms with Crippen LogP contribution in [0.5, 0.6) is 11.5 Å². The Morgan fingerprint density at radius 2 is 2.00 bits per heavy atom. The number of aliphatic hydroxyl groups is 1. The van der Waals surface area contributed by atoms with Crippen LogP contribution in [0.4, 0.5) is 0 Å². The van der Waals surface area contributed by atoms with Crippen molar-refractivity contribution in [3.05, 3.63) is 48.3 Å². The number of aliphatic hydroxyl groups excluding tert-OH is 1. The van der Waals surface area contributed by atoms with Crippen LogP contribution in [0.2, 0.25) is 0 Å². The molecule has 0 saturated carbocycles. The van der Waals surface area contributed by atoms with Gasteiger partial charge in [0.15, 0.2) is 9.84 Å². The Kier molecular flexibility index (Phi) is 4.59. The number of benzene rings is 1. The highest BCUT2D eigenvalue weighted by atomic mass is 32.2. The van der Waals surface area contributed by atoms with Crippen LogP contribution in [0.3, 0.4) is 0 Å². The fourth-order valence-corrected chi connectivity index (χ4v) is 2.42. The maximum absolute atomic E-state index is 11.5. The molecule has 6 heteroatoms. The summed E-state index contributed by atoms with van der Waals surface area (Å²) in [4.78, 5) is 4.32. The molecule has 21 heavy (non-hydrogen) atoms. The van der Waals surface area contributed by atoms with Crippen molar-refractivity contribution in [1.29, 1.82) is 0 Å². The largest absolute Gasteiger partial charge is 0.456 e. The fourth-order valence-electron chi connectivity index (χ4n) is 1.76. The minimum Gasteiger partial charge on any atom is -0.456 e. The topological polar surface area (TPSA) is 76.5 Å². The molecule has 1 aromatic heterocycles. The first-order valence-corrected chi connectivity index (χ1v) is 8.41. The number of aromatic nitrogens is 1.